The Morgan fingerprint density at radius 1 is 1.03 bits per heavy atom. The van der Waals surface area contributed by atoms with Crippen molar-refractivity contribution in [3.05, 3.63) is 70.8 Å². The molecule has 0 heterocycles. The SMILES string of the molecule is CNc1ccc(S(=O)(=O)NCC(=O)OCC(=O)Nc2ccc3ccccc3c2)cc1[N+](=O)[O-]. The average Bonchev–Trinajstić information content (AvgIpc) is 2.80. The number of nitrogens with zero attached hydrogens (tertiary/aromatic N) is 1. The number of nitro benzene ring substituents is 1. The zero-order valence-corrected chi connectivity index (χ0v) is 18.2. The Morgan fingerprint density at radius 3 is 2.45 bits per heavy atom. The first-order valence-corrected chi connectivity index (χ1v) is 11.1. The van der Waals surface area contributed by atoms with Gasteiger partial charge in [-0.15, -0.1) is 0 Å². The smallest absolute Gasteiger partial charge is 0.321 e. The standard InChI is InChI=1S/C21H20N4O7S/c1-22-18-9-8-17(11-19(18)25(28)29)33(30,31)23-12-21(27)32-13-20(26)24-16-7-6-14-4-2-3-5-15(14)10-16/h2-11,22-23H,12-13H2,1H3,(H,24,26). The van der Waals surface area contributed by atoms with E-state index in [1.807, 2.05) is 35.1 Å². The van der Waals surface area contributed by atoms with E-state index >= 15 is 0 Å². The van der Waals surface area contributed by atoms with Crippen LogP contribution in [-0.2, 0) is 24.3 Å². The second kappa shape index (κ2) is 10.1. The first-order valence-electron chi connectivity index (χ1n) is 9.60. The van der Waals surface area contributed by atoms with Crippen molar-refractivity contribution in [3.8, 4) is 0 Å². The lowest BCUT2D eigenvalue weighted by molar-refractivity contribution is -0.384. The molecule has 3 rings (SSSR count). The molecule has 33 heavy (non-hydrogen) atoms. The van der Waals surface area contributed by atoms with E-state index in [9.17, 15) is 28.1 Å². The summed E-state index contributed by atoms with van der Waals surface area (Å²) in [5.41, 5.74) is 0.214. The molecule has 0 aliphatic rings. The molecule has 3 aromatic carbocycles. The van der Waals surface area contributed by atoms with E-state index in [0.717, 1.165) is 22.9 Å². The van der Waals surface area contributed by atoms with Crippen LogP contribution in [0.1, 0.15) is 0 Å². The molecule has 0 aliphatic heterocycles. The number of rotatable bonds is 9. The quantitative estimate of drug-likeness (QED) is 0.243. The molecule has 11 nitrogen and oxygen atoms in total. The fraction of sp³-hybridized carbons (Fsp3) is 0.143. The molecule has 0 spiro atoms. The van der Waals surface area contributed by atoms with Gasteiger partial charge in [0, 0.05) is 18.8 Å². The highest BCUT2D eigenvalue weighted by Gasteiger charge is 2.22. The van der Waals surface area contributed by atoms with Gasteiger partial charge < -0.3 is 15.4 Å². The fourth-order valence-corrected chi connectivity index (χ4v) is 3.93. The van der Waals surface area contributed by atoms with E-state index in [1.165, 1.54) is 13.1 Å². The minimum absolute atomic E-state index is 0.135. The van der Waals surface area contributed by atoms with E-state index in [4.69, 9.17) is 4.74 Å². The van der Waals surface area contributed by atoms with Crippen LogP contribution in [-0.4, -0.2) is 45.4 Å². The molecule has 3 N–H and O–H groups in total. The van der Waals surface area contributed by atoms with Crippen LogP contribution < -0.4 is 15.4 Å². The van der Waals surface area contributed by atoms with Crippen LogP contribution in [0.25, 0.3) is 10.8 Å². The predicted molar refractivity (Wildman–Crippen MR) is 121 cm³/mol. The number of hydrogen-bond donors (Lipinski definition) is 3. The van der Waals surface area contributed by atoms with Gasteiger partial charge in [-0.25, -0.2) is 8.42 Å². The number of benzene rings is 3. The van der Waals surface area contributed by atoms with Crippen molar-refractivity contribution in [2.45, 2.75) is 4.90 Å². The highest BCUT2D eigenvalue weighted by molar-refractivity contribution is 7.89. The van der Waals surface area contributed by atoms with Crippen LogP contribution in [0, 0.1) is 10.1 Å². The van der Waals surface area contributed by atoms with Crippen molar-refractivity contribution >= 4 is 49.7 Å². The van der Waals surface area contributed by atoms with Crippen molar-refractivity contribution in [1.29, 1.82) is 0 Å². The van der Waals surface area contributed by atoms with Crippen molar-refractivity contribution in [3.63, 3.8) is 0 Å². The molecular weight excluding hydrogens is 452 g/mol. The lowest BCUT2D eigenvalue weighted by Crippen LogP contribution is -2.32. The van der Waals surface area contributed by atoms with Crippen LogP contribution in [0.3, 0.4) is 0 Å². The predicted octanol–water partition coefficient (Wildman–Crippen LogP) is 2.25. The maximum atomic E-state index is 12.4. The minimum Gasteiger partial charge on any atom is -0.455 e. The lowest BCUT2D eigenvalue weighted by Gasteiger charge is -2.09. The molecule has 0 aromatic heterocycles. The summed E-state index contributed by atoms with van der Waals surface area (Å²) in [5.74, 6) is -1.59. The Kier molecular flexibility index (Phi) is 7.20. The van der Waals surface area contributed by atoms with Gasteiger partial charge in [0.05, 0.1) is 9.82 Å². The molecule has 0 atom stereocenters. The molecule has 3 aromatic rings. The van der Waals surface area contributed by atoms with E-state index in [0.29, 0.717) is 5.69 Å². The molecule has 0 unspecified atom stereocenters. The summed E-state index contributed by atoms with van der Waals surface area (Å²) in [6.45, 7) is -1.37. The Morgan fingerprint density at radius 2 is 1.76 bits per heavy atom. The maximum absolute atomic E-state index is 12.4. The van der Waals surface area contributed by atoms with Crippen LogP contribution in [0.2, 0.25) is 0 Å². The first kappa shape index (κ1) is 23.6. The summed E-state index contributed by atoms with van der Waals surface area (Å²) in [5, 5.41) is 18.2. The van der Waals surface area contributed by atoms with E-state index in [-0.39, 0.29) is 5.69 Å². The maximum Gasteiger partial charge on any atom is 0.321 e. The largest absolute Gasteiger partial charge is 0.455 e. The number of hydrogen-bond acceptors (Lipinski definition) is 8. The second-order valence-electron chi connectivity index (χ2n) is 6.78. The van der Waals surface area contributed by atoms with Crippen LogP contribution in [0.5, 0.6) is 0 Å². The Balaban J connectivity index is 1.53. The molecule has 1 amide bonds. The third-order valence-electron chi connectivity index (χ3n) is 4.55. The summed E-state index contributed by atoms with van der Waals surface area (Å²) in [7, 11) is -2.77. The second-order valence-corrected chi connectivity index (χ2v) is 8.55. The average molecular weight is 472 g/mol. The number of ether oxygens (including phenoxy) is 1. The van der Waals surface area contributed by atoms with E-state index < -0.39 is 50.6 Å². The number of fused-ring (bicyclic) bond motifs is 1. The molecule has 0 aliphatic carbocycles. The molecule has 12 heteroatoms. The Bertz CT molecular complexity index is 1330. The minimum atomic E-state index is -4.23. The lowest BCUT2D eigenvalue weighted by atomic mass is 10.1. The number of nitrogens with one attached hydrogen (secondary N) is 3. The number of sulfonamides is 1. The Hall–Kier alpha value is -4.03. The van der Waals surface area contributed by atoms with Gasteiger partial charge in [0.25, 0.3) is 11.6 Å². The molecule has 0 bridgehead atoms. The van der Waals surface area contributed by atoms with Gasteiger partial charge in [0.15, 0.2) is 6.61 Å². The van der Waals surface area contributed by atoms with Gasteiger partial charge in [-0.2, -0.15) is 4.72 Å². The third-order valence-corrected chi connectivity index (χ3v) is 5.95. The summed E-state index contributed by atoms with van der Waals surface area (Å²) in [4.78, 5) is 33.9. The van der Waals surface area contributed by atoms with Crippen molar-refractivity contribution in [1.82, 2.24) is 4.72 Å². The normalized spacial score (nSPS) is 11.1. The van der Waals surface area contributed by atoms with Gasteiger partial charge >= 0.3 is 5.97 Å². The monoisotopic (exact) mass is 472 g/mol. The molecule has 0 saturated carbocycles. The fourth-order valence-electron chi connectivity index (χ4n) is 2.94. The molecule has 0 saturated heterocycles. The highest BCUT2D eigenvalue weighted by Crippen LogP contribution is 2.27. The van der Waals surface area contributed by atoms with Gasteiger partial charge in [-0.05, 0) is 35.0 Å². The molecule has 172 valence electrons. The topological polar surface area (TPSA) is 157 Å². The van der Waals surface area contributed by atoms with Crippen LogP contribution in [0.4, 0.5) is 17.1 Å². The number of amides is 1. The summed E-state index contributed by atoms with van der Waals surface area (Å²) < 4.78 is 31.5. The summed E-state index contributed by atoms with van der Waals surface area (Å²) >= 11 is 0. The van der Waals surface area contributed by atoms with Gasteiger partial charge in [-0.3, -0.25) is 19.7 Å². The zero-order chi connectivity index (χ0) is 24.0. The number of nitro groups is 1. The number of anilines is 2. The number of carbonyl (C=O) groups excluding carboxylic acids is 2. The van der Waals surface area contributed by atoms with Crippen LogP contribution in [0.15, 0.2) is 65.6 Å². The first-order chi connectivity index (χ1) is 15.7. The van der Waals surface area contributed by atoms with Crippen LogP contribution >= 0.6 is 0 Å². The van der Waals surface area contributed by atoms with E-state index in [1.54, 1.807) is 12.1 Å². The van der Waals surface area contributed by atoms with Crippen molar-refractivity contribution in [2.24, 2.45) is 0 Å². The summed E-state index contributed by atoms with van der Waals surface area (Å²) in [6.07, 6.45) is 0. The van der Waals surface area contributed by atoms with Crippen molar-refractivity contribution in [2.75, 3.05) is 30.8 Å². The highest BCUT2D eigenvalue weighted by atomic mass is 32.2. The zero-order valence-electron chi connectivity index (χ0n) is 17.4. The molecular formula is C21H20N4O7S. The molecule has 0 radical (unpaired) electrons. The summed E-state index contributed by atoms with van der Waals surface area (Å²) in [6, 6.07) is 16.1. The third kappa shape index (κ3) is 6.02. The van der Waals surface area contributed by atoms with Crippen molar-refractivity contribution < 1.29 is 27.7 Å². The number of esters is 1. The van der Waals surface area contributed by atoms with E-state index in [2.05, 4.69) is 10.6 Å². The Labute approximate surface area is 188 Å². The number of carbonyl (C=O) groups is 2. The molecule has 0 fully saturated rings. The van der Waals surface area contributed by atoms with Gasteiger partial charge in [0.2, 0.25) is 10.0 Å². The van der Waals surface area contributed by atoms with Gasteiger partial charge in [0.1, 0.15) is 12.2 Å². The van der Waals surface area contributed by atoms with Gasteiger partial charge in [-0.1, -0.05) is 30.3 Å².